The lowest BCUT2D eigenvalue weighted by Crippen LogP contribution is -2.42. The molecule has 1 heterocycles. The van der Waals surface area contributed by atoms with Crippen LogP contribution in [-0.2, 0) is 4.79 Å². The quantitative estimate of drug-likeness (QED) is 0.837. The Hall–Kier alpha value is -1.30. The Morgan fingerprint density at radius 2 is 2.24 bits per heavy atom. The molecule has 1 aromatic rings. The number of amides is 1. The van der Waals surface area contributed by atoms with Crippen LogP contribution in [0.15, 0.2) is 18.2 Å². The highest BCUT2D eigenvalue weighted by atomic mass is 35.5. The second-order valence-corrected chi connectivity index (χ2v) is 6.13. The van der Waals surface area contributed by atoms with Gasteiger partial charge in [0.2, 0.25) is 5.91 Å². The summed E-state index contributed by atoms with van der Waals surface area (Å²) in [6, 6.07) is 5.46. The lowest BCUT2D eigenvalue weighted by Gasteiger charge is -2.27. The molecule has 1 saturated heterocycles. The van der Waals surface area contributed by atoms with E-state index in [1.165, 1.54) is 0 Å². The van der Waals surface area contributed by atoms with Gasteiger partial charge in [0.25, 0.3) is 0 Å². The molecule has 1 aliphatic rings. The average molecular weight is 311 g/mol. The summed E-state index contributed by atoms with van der Waals surface area (Å²) in [7, 11) is 2.12. The first-order valence-electron chi connectivity index (χ1n) is 7.23. The Morgan fingerprint density at radius 3 is 2.95 bits per heavy atom. The van der Waals surface area contributed by atoms with Gasteiger partial charge in [-0.05, 0) is 45.1 Å². The van der Waals surface area contributed by atoms with Crippen LogP contribution >= 0.6 is 11.6 Å². The number of rotatable bonds is 3. The zero-order valence-electron chi connectivity index (χ0n) is 12.6. The number of hydrogen-bond donors (Lipinski definition) is 2. The van der Waals surface area contributed by atoms with Crippen LogP contribution < -0.4 is 11.1 Å². The van der Waals surface area contributed by atoms with Crippen molar-refractivity contribution in [1.29, 1.82) is 0 Å². The summed E-state index contributed by atoms with van der Waals surface area (Å²) < 4.78 is 0. The minimum atomic E-state index is -0.0434. The molecule has 116 valence electrons. The van der Waals surface area contributed by atoms with Crippen LogP contribution in [0.4, 0.5) is 11.4 Å². The van der Waals surface area contributed by atoms with Crippen LogP contribution in [-0.4, -0.2) is 55.0 Å². The molecule has 1 fully saturated rings. The van der Waals surface area contributed by atoms with Crippen LogP contribution in [0.5, 0.6) is 0 Å². The topological polar surface area (TPSA) is 61.6 Å². The van der Waals surface area contributed by atoms with E-state index in [9.17, 15) is 4.79 Å². The predicted molar refractivity (Wildman–Crippen MR) is 87.6 cm³/mol. The van der Waals surface area contributed by atoms with Crippen LogP contribution in [0.1, 0.15) is 13.3 Å². The summed E-state index contributed by atoms with van der Waals surface area (Å²) in [4.78, 5) is 16.7. The van der Waals surface area contributed by atoms with Gasteiger partial charge in [-0.3, -0.25) is 9.69 Å². The molecule has 6 heteroatoms. The minimum Gasteiger partial charge on any atom is -0.399 e. The van der Waals surface area contributed by atoms with Gasteiger partial charge in [-0.2, -0.15) is 0 Å². The lowest BCUT2D eigenvalue weighted by atomic mass is 10.2. The maximum atomic E-state index is 12.2. The first-order valence-corrected chi connectivity index (χ1v) is 7.61. The van der Waals surface area contributed by atoms with E-state index in [0.717, 1.165) is 26.1 Å². The lowest BCUT2D eigenvalue weighted by molar-refractivity contribution is -0.117. The number of likely N-dealkylation sites (N-methyl/N-ethyl adjacent to an activating group) is 1. The highest BCUT2D eigenvalue weighted by Crippen LogP contribution is 2.24. The molecule has 21 heavy (non-hydrogen) atoms. The van der Waals surface area contributed by atoms with Crippen molar-refractivity contribution >= 4 is 28.9 Å². The van der Waals surface area contributed by atoms with Crippen molar-refractivity contribution in [3.63, 3.8) is 0 Å². The van der Waals surface area contributed by atoms with E-state index in [0.29, 0.717) is 29.0 Å². The number of hydrogen-bond acceptors (Lipinski definition) is 4. The number of nitrogen functional groups attached to an aromatic ring is 1. The molecule has 2 rings (SSSR count). The smallest absolute Gasteiger partial charge is 0.238 e. The fraction of sp³-hybridized carbons (Fsp3) is 0.533. The van der Waals surface area contributed by atoms with Crippen molar-refractivity contribution in [1.82, 2.24) is 9.80 Å². The van der Waals surface area contributed by atoms with Crippen molar-refractivity contribution in [2.24, 2.45) is 0 Å². The second-order valence-electron chi connectivity index (χ2n) is 5.72. The summed E-state index contributed by atoms with van der Waals surface area (Å²) in [6.07, 6.45) is 1.08. The molecule has 1 aliphatic heterocycles. The first-order chi connectivity index (χ1) is 9.95. The first kappa shape index (κ1) is 16.1. The molecule has 1 unspecified atom stereocenters. The van der Waals surface area contributed by atoms with E-state index in [1.807, 2.05) is 0 Å². The molecular formula is C15H23ClN4O. The van der Waals surface area contributed by atoms with E-state index in [-0.39, 0.29) is 5.91 Å². The summed E-state index contributed by atoms with van der Waals surface area (Å²) in [5.74, 6) is -0.0434. The molecule has 1 aromatic carbocycles. The van der Waals surface area contributed by atoms with Gasteiger partial charge >= 0.3 is 0 Å². The third-order valence-corrected chi connectivity index (χ3v) is 4.11. The average Bonchev–Trinajstić information content (AvgIpc) is 2.55. The van der Waals surface area contributed by atoms with Gasteiger partial charge in [-0.15, -0.1) is 0 Å². The fourth-order valence-corrected chi connectivity index (χ4v) is 2.90. The maximum Gasteiger partial charge on any atom is 0.238 e. The van der Waals surface area contributed by atoms with Crippen molar-refractivity contribution in [3.05, 3.63) is 23.2 Å². The number of carbonyl (C=O) groups excluding carboxylic acids is 1. The monoisotopic (exact) mass is 310 g/mol. The summed E-state index contributed by atoms with van der Waals surface area (Å²) in [5.41, 5.74) is 6.84. The molecule has 3 N–H and O–H groups in total. The van der Waals surface area contributed by atoms with E-state index >= 15 is 0 Å². The van der Waals surface area contributed by atoms with E-state index in [2.05, 4.69) is 29.1 Å². The maximum absolute atomic E-state index is 12.2. The molecule has 0 aromatic heterocycles. The Bertz CT molecular complexity index is 508. The van der Waals surface area contributed by atoms with E-state index < -0.39 is 0 Å². The Balaban J connectivity index is 1.94. The minimum absolute atomic E-state index is 0.0434. The molecule has 1 atom stereocenters. The predicted octanol–water partition coefficient (Wildman–Crippen LogP) is 1.89. The molecule has 0 aliphatic carbocycles. The Kier molecular flexibility index (Phi) is 5.45. The van der Waals surface area contributed by atoms with Gasteiger partial charge in [-0.1, -0.05) is 11.6 Å². The van der Waals surface area contributed by atoms with Crippen molar-refractivity contribution in [2.75, 3.05) is 44.3 Å². The number of nitrogens with two attached hydrogens (primary N) is 1. The zero-order chi connectivity index (χ0) is 15.4. The van der Waals surface area contributed by atoms with Crippen LogP contribution in [0.25, 0.3) is 0 Å². The van der Waals surface area contributed by atoms with E-state index in [1.54, 1.807) is 18.2 Å². The molecule has 0 radical (unpaired) electrons. The standard InChI is InChI=1S/C15H23ClN4O/c1-11-9-19(2)6-3-7-20(11)10-15(21)18-14-5-4-12(17)8-13(14)16/h4-5,8,11H,3,6-7,9-10,17H2,1-2H3,(H,18,21). The van der Waals surface area contributed by atoms with Gasteiger partial charge in [-0.25, -0.2) is 0 Å². The number of anilines is 2. The Labute approximate surface area is 131 Å². The number of nitrogens with one attached hydrogen (secondary N) is 1. The van der Waals surface area contributed by atoms with E-state index in [4.69, 9.17) is 17.3 Å². The van der Waals surface area contributed by atoms with Crippen LogP contribution in [0.3, 0.4) is 0 Å². The number of benzene rings is 1. The molecular weight excluding hydrogens is 288 g/mol. The zero-order valence-corrected chi connectivity index (χ0v) is 13.4. The van der Waals surface area contributed by atoms with Gasteiger partial charge < -0.3 is 16.0 Å². The largest absolute Gasteiger partial charge is 0.399 e. The van der Waals surface area contributed by atoms with Crippen molar-refractivity contribution < 1.29 is 4.79 Å². The number of halogens is 1. The van der Waals surface area contributed by atoms with Crippen molar-refractivity contribution in [2.45, 2.75) is 19.4 Å². The summed E-state index contributed by atoms with van der Waals surface area (Å²) in [5, 5.41) is 3.32. The van der Waals surface area contributed by atoms with Gasteiger partial charge in [0.15, 0.2) is 0 Å². The van der Waals surface area contributed by atoms with Crippen LogP contribution in [0.2, 0.25) is 5.02 Å². The number of carbonyl (C=O) groups is 1. The normalized spacial score (nSPS) is 21.0. The number of nitrogens with zero attached hydrogens (tertiary/aromatic N) is 2. The highest BCUT2D eigenvalue weighted by Gasteiger charge is 2.21. The summed E-state index contributed by atoms with van der Waals surface area (Å²) in [6.45, 7) is 5.54. The third kappa shape index (κ3) is 4.59. The Morgan fingerprint density at radius 1 is 1.48 bits per heavy atom. The van der Waals surface area contributed by atoms with Crippen LogP contribution in [0, 0.1) is 0 Å². The van der Waals surface area contributed by atoms with Gasteiger partial charge in [0.1, 0.15) is 0 Å². The van der Waals surface area contributed by atoms with Gasteiger partial charge in [0, 0.05) is 24.8 Å². The molecule has 5 nitrogen and oxygen atoms in total. The fourth-order valence-electron chi connectivity index (χ4n) is 2.66. The molecule has 0 spiro atoms. The third-order valence-electron chi connectivity index (χ3n) is 3.80. The molecule has 0 saturated carbocycles. The van der Waals surface area contributed by atoms with Crippen molar-refractivity contribution in [3.8, 4) is 0 Å². The molecule has 0 bridgehead atoms. The SMILES string of the molecule is CC1CN(C)CCCN1CC(=O)Nc1ccc(N)cc1Cl. The highest BCUT2D eigenvalue weighted by molar-refractivity contribution is 6.34. The van der Waals surface area contributed by atoms with Gasteiger partial charge in [0.05, 0.1) is 17.3 Å². The molecule has 1 amide bonds. The summed E-state index contributed by atoms with van der Waals surface area (Å²) >= 11 is 6.08. The second kappa shape index (κ2) is 7.11.